The van der Waals surface area contributed by atoms with E-state index in [9.17, 15) is 9.59 Å². The lowest BCUT2D eigenvalue weighted by molar-refractivity contribution is -0.153. The van der Waals surface area contributed by atoms with Crippen LogP contribution in [0.5, 0.6) is 0 Å². The molecule has 0 bridgehead atoms. The third-order valence-corrected chi connectivity index (χ3v) is 0.399. The maximum Gasteiger partial charge on any atom is 0.341 e. The summed E-state index contributed by atoms with van der Waals surface area (Å²) in [7, 11) is 0. The molecular formula is C9H16O6. The van der Waals surface area contributed by atoms with E-state index in [2.05, 4.69) is 17.6 Å². The van der Waals surface area contributed by atoms with Crippen LogP contribution in [0.4, 0.5) is 0 Å². The number of rotatable bonds is 2. The summed E-state index contributed by atoms with van der Waals surface area (Å²) in [4.78, 5) is 28.5. The van der Waals surface area contributed by atoms with Crippen molar-refractivity contribution >= 4 is 17.9 Å². The van der Waals surface area contributed by atoms with Gasteiger partial charge in [0.05, 0.1) is 0 Å². The van der Waals surface area contributed by atoms with Gasteiger partial charge in [0.1, 0.15) is 0 Å². The smallest absolute Gasteiger partial charge is 0.341 e. The van der Waals surface area contributed by atoms with Gasteiger partial charge < -0.3 is 14.9 Å². The zero-order valence-corrected chi connectivity index (χ0v) is 7.89. The Bertz CT molecular complexity index is 188. The van der Waals surface area contributed by atoms with Crippen molar-refractivity contribution in [1.82, 2.24) is 0 Å². The predicted molar refractivity (Wildman–Crippen MR) is 54.2 cm³/mol. The lowest BCUT2D eigenvalue weighted by Crippen LogP contribution is -2.09. The molecule has 0 aliphatic rings. The van der Waals surface area contributed by atoms with Crippen molar-refractivity contribution in [1.29, 1.82) is 0 Å². The molecule has 15 heavy (non-hydrogen) atoms. The molecule has 6 nitrogen and oxygen atoms in total. The Morgan fingerprint density at radius 1 is 1.13 bits per heavy atom. The Hall–Kier alpha value is -2.03. The third-order valence-electron chi connectivity index (χ3n) is 0.399. The molecule has 0 atom stereocenters. The van der Waals surface area contributed by atoms with Gasteiger partial charge in [-0.1, -0.05) is 7.43 Å². The van der Waals surface area contributed by atoms with Crippen molar-refractivity contribution < 1.29 is 29.3 Å². The standard InChI is InChI=1S/C4H6O4.C2H4O2.C2H2.CH4/c1-3(5)8-2-4(6)7;1-2(3)4;1-2;/h2H2,1H3,(H,6,7);1H3,(H,3,4);1-2H;1H4. The van der Waals surface area contributed by atoms with Crippen molar-refractivity contribution in [2.45, 2.75) is 21.3 Å². The largest absolute Gasteiger partial charge is 0.481 e. The first-order valence-corrected chi connectivity index (χ1v) is 3.24. The summed E-state index contributed by atoms with van der Waals surface area (Å²) in [5.41, 5.74) is 0. The fourth-order valence-electron chi connectivity index (χ4n) is 0.163. The van der Waals surface area contributed by atoms with Crippen molar-refractivity contribution in [2.24, 2.45) is 0 Å². The second-order valence-corrected chi connectivity index (χ2v) is 1.69. The summed E-state index contributed by atoms with van der Waals surface area (Å²) >= 11 is 0. The zero-order chi connectivity index (χ0) is 12.1. The minimum absolute atomic E-state index is 0. The van der Waals surface area contributed by atoms with Crippen molar-refractivity contribution in [2.75, 3.05) is 6.61 Å². The van der Waals surface area contributed by atoms with Crippen molar-refractivity contribution in [3.8, 4) is 12.8 Å². The van der Waals surface area contributed by atoms with Gasteiger partial charge in [-0.15, -0.1) is 12.8 Å². The summed E-state index contributed by atoms with van der Waals surface area (Å²) in [6.07, 6.45) is 8.00. The quantitative estimate of drug-likeness (QED) is 0.522. The molecular weight excluding hydrogens is 204 g/mol. The first-order chi connectivity index (χ1) is 6.36. The van der Waals surface area contributed by atoms with E-state index in [1.165, 1.54) is 0 Å². The molecule has 0 radical (unpaired) electrons. The molecule has 0 fully saturated rings. The molecule has 0 amide bonds. The average Bonchev–Trinajstić information content (AvgIpc) is 2.03. The van der Waals surface area contributed by atoms with E-state index in [1.807, 2.05) is 0 Å². The summed E-state index contributed by atoms with van der Waals surface area (Å²) in [5, 5.41) is 15.3. The number of hydrogen-bond donors (Lipinski definition) is 2. The van der Waals surface area contributed by atoms with E-state index < -0.39 is 24.5 Å². The van der Waals surface area contributed by atoms with Gasteiger partial charge in [0.25, 0.3) is 5.97 Å². The van der Waals surface area contributed by atoms with Crippen LogP contribution in [0.1, 0.15) is 21.3 Å². The van der Waals surface area contributed by atoms with Crippen molar-refractivity contribution in [3.63, 3.8) is 0 Å². The molecule has 0 aromatic rings. The van der Waals surface area contributed by atoms with Crippen LogP contribution < -0.4 is 0 Å². The summed E-state index contributed by atoms with van der Waals surface area (Å²) < 4.78 is 4.06. The molecule has 0 spiro atoms. The van der Waals surface area contributed by atoms with Gasteiger partial charge in [0.2, 0.25) is 0 Å². The lowest BCUT2D eigenvalue weighted by atomic mass is 10.7. The maximum atomic E-state index is 9.86. The number of terminal acetylenes is 1. The van der Waals surface area contributed by atoms with E-state index >= 15 is 0 Å². The van der Waals surface area contributed by atoms with Crippen LogP contribution in [0.3, 0.4) is 0 Å². The first-order valence-electron chi connectivity index (χ1n) is 3.24. The Balaban J connectivity index is -0.0000000742. The molecule has 0 rings (SSSR count). The second kappa shape index (κ2) is 17.9. The Labute approximate surface area is 88.9 Å². The van der Waals surface area contributed by atoms with E-state index in [0.29, 0.717) is 0 Å². The fraction of sp³-hybridized carbons (Fsp3) is 0.444. The first kappa shape index (κ1) is 23.1. The van der Waals surface area contributed by atoms with Crippen LogP contribution in [0.25, 0.3) is 0 Å². The monoisotopic (exact) mass is 220 g/mol. The minimum Gasteiger partial charge on any atom is -0.481 e. The van der Waals surface area contributed by atoms with Gasteiger partial charge in [-0.25, -0.2) is 4.79 Å². The highest BCUT2D eigenvalue weighted by Gasteiger charge is 1.97. The van der Waals surface area contributed by atoms with E-state index in [0.717, 1.165) is 13.8 Å². The van der Waals surface area contributed by atoms with Gasteiger partial charge >= 0.3 is 11.9 Å². The summed E-state index contributed by atoms with van der Waals surface area (Å²) in [6, 6.07) is 0. The lowest BCUT2D eigenvalue weighted by Gasteiger charge is -1.92. The Kier molecular flexibility index (Phi) is 27.6. The SMILES string of the molecule is C.C#C.CC(=O)O.CC(=O)OCC(=O)O. The van der Waals surface area contributed by atoms with Gasteiger partial charge in [-0.2, -0.15) is 0 Å². The number of carboxylic acid groups (broad SMARTS) is 2. The molecule has 2 N–H and O–H groups in total. The minimum atomic E-state index is -1.14. The summed E-state index contributed by atoms with van der Waals surface area (Å²) in [5.74, 6) is -2.55. The van der Waals surface area contributed by atoms with Crippen LogP contribution in [0.15, 0.2) is 0 Å². The molecule has 6 heteroatoms. The molecule has 0 aliphatic heterocycles. The summed E-state index contributed by atoms with van der Waals surface area (Å²) in [6.45, 7) is 1.69. The molecule has 0 heterocycles. The number of esters is 1. The number of carbonyl (C=O) groups is 3. The van der Waals surface area contributed by atoms with Gasteiger partial charge in [-0.3, -0.25) is 9.59 Å². The zero-order valence-electron chi connectivity index (χ0n) is 7.89. The number of ether oxygens (including phenoxy) is 1. The van der Waals surface area contributed by atoms with Gasteiger partial charge in [0, 0.05) is 13.8 Å². The normalized spacial score (nSPS) is 6.13. The van der Waals surface area contributed by atoms with Crippen LogP contribution >= 0.6 is 0 Å². The number of carboxylic acids is 2. The predicted octanol–water partition coefficient (Wildman–Crippen LogP) is 0.610. The average molecular weight is 220 g/mol. The topological polar surface area (TPSA) is 101 Å². The van der Waals surface area contributed by atoms with E-state index in [1.54, 1.807) is 0 Å². The van der Waals surface area contributed by atoms with E-state index in [-0.39, 0.29) is 7.43 Å². The number of aliphatic carboxylic acids is 2. The van der Waals surface area contributed by atoms with Crippen LogP contribution in [0.2, 0.25) is 0 Å². The molecule has 0 aromatic heterocycles. The molecule has 0 saturated heterocycles. The fourth-order valence-corrected chi connectivity index (χ4v) is 0.163. The van der Waals surface area contributed by atoms with Crippen LogP contribution in [-0.4, -0.2) is 34.7 Å². The van der Waals surface area contributed by atoms with E-state index in [4.69, 9.17) is 15.0 Å². The van der Waals surface area contributed by atoms with Gasteiger partial charge in [-0.05, 0) is 0 Å². The number of hydrogen-bond acceptors (Lipinski definition) is 4. The second-order valence-electron chi connectivity index (χ2n) is 1.69. The molecule has 0 saturated carbocycles. The molecule has 0 unspecified atom stereocenters. The number of carbonyl (C=O) groups excluding carboxylic acids is 1. The van der Waals surface area contributed by atoms with Crippen LogP contribution in [0, 0.1) is 12.8 Å². The third kappa shape index (κ3) is 135. The highest BCUT2D eigenvalue weighted by Crippen LogP contribution is 1.73. The Morgan fingerprint density at radius 3 is 1.47 bits per heavy atom. The molecule has 0 aromatic carbocycles. The van der Waals surface area contributed by atoms with Crippen LogP contribution in [-0.2, 0) is 19.1 Å². The Morgan fingerprint density at radius 2 is 1.40 bits per heavy atom. The maximum absolute atomic E-state index is 9.86. The highest BCUT2D eigenvalue weighted by atomic mass is 16.5. The van der Waals surface area contributed by atoms with Crippen molar-refractivity contribution in [3.05, 3.63) is 0 Å². The molecule has 0 aliphatic carbocycles. The van der Waals surface area contributed by atoms with Gasteiger partial charge in [0.15, 0.2) is 6.61 Å². The highest BCUT2D eigenvalue weighted by molar-refractivity contribution is 5.73. The molecule has 88 valence electrons.